The molecule has 0 bridgehead atoms. The van der Waals surface area contributed by atoms with Crippen molar-refractivity contribution in [1.82, 2.24) is 0 Å². The normalized spacial score (nSPS) is 22.0. The third-order valence-electron chi connectivity index (χ3n) is 2.87. The van der Waals surface area contributed by atoms with Crippen molar-refractivity contribution in [3.63, 3.8) is 0 Å². The summed E-state index contributed by atoms with van der Waals surface area (Å²) in [6, 6.07) is 4.74. The summed E-state index contributed by atoms with van der Waals surface area (Å²) in [5.74, 6) is -1.72. The van der Waals surface area contributed by atoms with Gasteiger partial charge in [0.05, 0.1) is 18.6 Å². The first-order chi connectivity index (χ1) is 8.04. The maximum absolute atomic E-state index is 12.1. The van der Waals surface area contributed by atoms with Gasteiger partial charge < -0.3 is 9.84 Å². The van der Waals surface area contributed by atoms with E-state index in [1.807, 2.05) is 0 Å². The number of hydrogen-bond donors (Lipinski definition) is 1. The van der Waals surface area contributed by atoms with Crippen LogP contribution < -0.4 is 4.74 Å². The van der Waals surface area contributed by atoms with Crippen LogP contribution in [0.3, 0.4) is 0 Å². The van der Waals surface area contributed by atoms with E-state index in [0.29, 0.717) is 22.8 Å². The largest absolute Gasteiger partial charge is 0.496 e. The van der Waals surface area contributed by atoms with E-state index in [4.69, 9.17) is 21.4 Å². The number of methoxy groups -OCH3 is 1. The fraction of sp³-hybridized carbons (Fsp3) is 0.333. The summed E-state index contributed by atoms with van der Waals surface area (Å²) in [6.07, 6.45) is 0.393. The topological polar surface area (TPSA) is 63.6 Å². The molecule has 2 rings (SSSR count). The molecule has 1 aromatic carbocycles. The highest BCUT2D eigenvalue weighted by atomic mass is 35.5. The second-order valence-electron chi connectivity index (χ2n) is 4.00. The minimum Gasteiger partial charge on any atom is -0.496 e. The smallest absolute Gasteiger partial charge is 0.307 e. The summed E-state index contributed by atoms with van der Waals surface area (Å²) in [5.41, 5.74) is 0.355. The minimum atomic E-state index is -0.927. The molecule has 0 spiro atoms. The molecule has 0 aromatic heterocycles. The summed E-state index contributed by atoms with van der Waals surface area (Å²) in [6.45, 7) is 0. The fourth-order valence-electron chi connectivity index (χ4n) is 1.83. The van der Waals surface area contributed by atoms with Gasteiger partial charge in [-0.1, -0.05) is 11.6 Å². The second-order valence-corrected chi connectivity index (χ2v) is 4.43. The van der Waals surface area contributed by atoms with Gasteiger partial charge in [0.15, 0.2) is 5.78 Å². The van der Waals surface area contributed by atoms with E-state index >= 15 is 0 Å². The molecule has 5 heteroatoms. The zero-order valence-electron chi connectivity index (χ0n) is 9.14. The van der Waals surface area contributed by atoms with Gasteiger partial charge in [-0.3, -0.25) is 9.59 Å². The first kappa shape index (κ1) is 11.9. The quantitative estimate of drug-likeness (QED) is 0.837. The van der Waals surface area contributed by atoms with Crippen LogP contribution in [0.1, 0.15) is 16.8 Å². The Morgan fingerprint density at radius 3 is 2.65 bits per heavy atom. The lowest BCUT2D eigenvalue weighted by molar-refractivity contribution is -0.138. The van der Waals surface area contributed by atoms with E-state index in [2.05, 4.69) is 0 Å². The summed E-state index contributed by atoms with van der Waals surface area (Å²) < 4.78 is 5.07. The summed E-state index contributed by atoms with van der Waals surface area (Å²) in [7, 11) is 1.46. The highest BCUT2D eigenvalue weighted by Gasteiger charge is 2.48. The Kier molecular flexibility index (Phi) is 3.07. The Balaban J connectivity index is 2.26. The number of rotatable bonds is 4. The number of carbonyl (C=O) groups excluding carboxylic acids is 1. The number of hydrogen-bond acceptors (Lipinski definition) is 3. The van der Waals surface area contributed by atoms with E-state index < -0.39 is 17.8 Å². The number of ether oxygens (including phenoxy) is 1. The molecule has 2 unspecified atom stereocenters. The van der Waals surface area contributed by atoms with Crippen LogP contribution in [0, 0.1) is 11.8 Å². The van der Waals surface area contributed by atoms with E-state index in [1.54, 1.807) is 12.1 Å². The molecule has 2 atom stereocenters. The van der Waals surface area contributed by atoms with Crippen LogP contribution in [0.25, 0.3) is 0 Å². The van der Waals surface area contributed by atoms with Gasteiger partial charge in [0.25, 0.3) is 0 Å². The van der Waals surface area contributed by atoms with E-state index in [9.17, 15) is 9.59 Å². The Labute approximate surface area is 103 Å². The summed E-state index contributed by atoms with van der Waals surface area (Å²) >= 11 is 5.82. The zero-order chi connectivity index (χ0) is 12.6. The third kappa shape index (κ3) is 2.26. The highest BCUT2D eigenvalue weighted by molar-refractivity contribution is 6.31. The molecule has 1 aromatic rings. The van der Waals surface area contributed by atoms with Crippen LogP contribution in [0.5, 0.6) is 5.75 Å². The number of carboxylic acids is 1. The summed E-state index contributed by atoms with van der Waals surface area (Å²) in [4.78, 5) is 22.8. The number of carbonyl (C=O) groups is 2. The Morgan fingerprint density at radius 2 is 2.12 bits per heavy atom. The summed E-state index contributed by atoms with van der Waals surface area (Å²) in [5, 5.41) is 9.22. The molecular formula is C12H11ClO4. The highest BCUT2D eigenvalue weighted by Crippen LogP contribution is 2.42. The van der Waals surface area contributed by atoms with Crippen LogP contribution in [-0.2, 0) is 4.79 Å². The van der Waals surface area contributed by atoms with Crippen LogP contribution in [0.4, 0.5) is 0 Å². The molecule has 0 heterocycles. The number of carboxylic acid groups (broad SMARTS) is 1. The lowest BCUT2D eigenvalue weighted by Crippen LogP contribution is -2.09. The lowest BCUT2D eigenvalue weighted by atomic mass is 10.0. The number of benzene rings is 1. The molecule has 90 valence electrons. The Morgan fingerprint density at radius 1 is 1.41 bits per heavy atom. The van der Waals surface area contributed by atoms with Crippen molar-refractivity contribution in [3.05, 3.63) is 28.8 Å². The number of Topliss-reactive ketones (excluding diaryl/α,β-unsaturated/α-hetero) is 1. The Hall–Kier alpha value is -1.55. The maximum Gasteiger partial charge on any atom is 0.307 e. The van der Waals surface area contributed by atoms with Gasteiger partial charge in [0.2, 0.25) is 0 Å². The van der Waals surface area contributed by atoms with Gasteiger partial charge in [-0.15, -0.1) is 0 Å². The van der Waals surface area contributed by atoms with Crippen LogP contribution in [0.15, 0.2) is 18.2 Å². The molecule has 0 aliphatic heterocycles. The standard InChI is InChI=1S/C12H11ClO4/c1-17-10-3-2-6(13)4-9(10)11(14)7-5-8(7)12(15)16/h2-4,7-8H,5H2,1H3,(H,15,16). The first-order valence-corrected chi connectivity index (χ1v) is 5.53. The van der Waals surface area contributed by atoms with Crippen molar-refractivity contribution in [2.75, 3.05) is 7.11 Å². The predicted molar refractivity (Wildman–Crippen MR) is 61.6 cm³/mol. The molecule has 0 radical (unpaired) electrons. The average molecular weight is 255 g/mol. The van der Waals surface area contributed by atoms with Crippen LogP contribution >= 0.6 is 11.6 Å². The number of halogens is 1. The number of aliphatic carboxylic acids is 1. The number of ketones is 1. The predicted octanol–water partition coefficient (Wildman–Crippen LogP) is 2.25. The van der Waals surface area contributed by atoms with Gasteiger partial charge in [-0.05, 0) is 24.6 Å². The lowest BCUT2D eigenvalue weighted by Gasteiger charge is -2.07. The maximum atomic E-state index is 12.1. The molecule has 1 N–H and O–H groups in total. The minimum absolute atomic E-state index is 0.211. The molecule has 1 saturated carbocycles. The van der Waals surface area contributed by atoms with Crippen LogP contribution in [0.2, 0.25) is 5.02 Å². The van der Waals surface area contributed by atoms with E-state index in [1.165, 1.54) is 13.2 Å². The van der Waals surface area contributed by atoms with Gasteiger partial charge in [-0.2, -0.15) is 0 Å². The molecule has 4 nitrogen and oxygen atoms in total. The van der Waals surface area contributed by atoms with Crippen molar-refractivity contribution in [3.8, 4) is 5.75 Å². The molecule has 0 amide bonds. The van der Waals surface area contributed by atoms with Gasteiger partial charge in [0.1, 0.15) is 5.75 Å². The van der Waals surface area contributed by atoms with Crippen molar-refractivity contribution in [1.29, 1.82) is 0 Å². The van der Waals surface area contributed by atoms with Crippen LogP contribution in [-0.4, -0.2) is 24.0 Å². The molecule has 0 saturated heterocycles. The van der Waals surface area contributed by atoms with Gasteiger partial charge >= 0.3 is 5.97 Å². The SMILES string of the molecule is COc1ccc(Cl)cc1C(=O)C1CC1C(=O)O. The zero-order valence-corrected chi connectivity index (χ0v) is 9.90. The van der Waals surface area contributed by atoms with Crippen molar-refractivity contribution >= 4 is 23.4 Å². The third-order valence-corrected chi connectivity index (χ3v) is 3.11. The van der Waals surface area contributed by atoms with Gasteiger partial charge in [-0.25, -0.2) is 0 Å². The Bertz CT molecular complexity index is 483. The van der Waals surface area contributed by atoms with E-state index in [-0.39, 0.29) is 5.78 Å². The van der Waals surface area contributed by atoms with Crippen molar-refractivity contribution in [2.45, 2.75) is 6.42 Å². The molecular weight excluding hydrogens is 244 g/mol. The molecule has 17 heavy (non-hydrogen) atoms. The van der Waals surface area contributed by atoms with E-state index in [0.717, 1.165) is 0 Å². The average Bonchev–Trinajstić information content (AvgIpc) is 3.08. The second kappa shape index (κ2) is 4.37. The van der Waals surface area contributed by atoms with Crippen molar-refractivity contribution in [2.24, 2.45) is 11.8 Å². The molecule has 1 aliphatic carbocycles. The van der Waals surface area contributed by atoms with Gasteiger partial charge in [0, 0.05) is 10.9 Å². The first-order valence-electron chi connectivity index (χ1n) is 5.15. The molecule has 1 fully saturated rings. The fourth-order valence-corrected chi connectivity index (χ4v) is 2.00. The van der Waals surface area contributed by atoms with Crippen molar-refractivity contribution < 1.29 is 19.4 Å². The molecule has 1 aliphatic rings. The monoisotopic (exact) mass is 254 g/mol.